The van der Waals surface area contributed by atoms with Gasteiger partial charge in [0.2, 0.25) is 0 Å². The van der Waals surface area contributed by atoms with Gasteiger partial charge in [-0.3, -0.25) is 9.63 Å². The van der Waals surface area contributed by atoms with Crippen LogP contribution in [0.4, 0.5) is 0 Å². The van der Waals surface area contributed by atoms with Crippen molar-refractivity contribution in [3.8, 4) is 0 Å². The van der Waals surface area contributed by atoms with E-state index in [-0.39, 0.29) is 11.8 Å². The maximum absolute atomic E-state index is 11.3. The molecule has 1 fully saturated rings. The van der Waals surface area contributed by atoms with Crippen molar-refractivity contribution in [1.82, 2.24) is 5.06 Å². The largest absolute Gasteiger partial charge is 0.381 e. The summed E-state index contributed by atoms with van der Waals surface area (Å²) in [5.41, 5.74) is 0. The Labute approximate surface area is 66.0 Å². The molecule has 0 spiro atoms. The number of rotatable bonds is 2. The average Bonchev–Trinajstić information content (AvgIpc) is 2.53. The Morgan fingerprint density at radius 3 is 2.91 bits per heavy atom. The molecule has 1 saturated heterocycles. The van der Waals surface area contributed by atoms with Crippen LogP contribution in [-0.4, -0.2) is 38.3 Å². The summed E-state index contributed by atoms with van der Waals surface area (Å²) < 4.78 is 5.07. The third kappa shape index (κ3) is 1.91. The molecule has 1 aliphatic heterocycles. The Hall–Kier alpha value is -0.610. The van der Waals surface area contributed by atoms with E-state index in [4.69, 9.17) is 9.57 Å². The molecule has 4 heteroatoms. The van der Waals surface area contributed by atoms with E-state index in [0.29, 0.717) is 13.2 Å². The van der Waals surface area contributed by atoms with E-state index in [9.17, 15) is 4.79 Å². The molecule has 0 aromatic heterocycles. The Bertz CT molecular complexity index is 143. The number of carbonyl (C=O) groups excluding carboxylic acids is 1. The minimum atomic E-state index is -0.0000463. The van der Waals surface area contributed by atoms with Gasteiger partial charge in [0.15, 0.2) is 0 Å². The molecule has 0 aliphatic carbocycles. The van der Waals surface area contributed by atoms with Crippen molar-refractivity contribution < 1.29 is 14.4 Å². The first-order valence-electron chi connectivity index (χ1n) is 3.65. The zero-order valence-corrected chi connectivity index (χ0v) is 6.87. The molecule has 0 saturated carbocycles. The van der Waals surface area contributed by atoms with Gasteiger partial charge in [0.05, 0.1) is 19.6 Å². The fourth-order valence-electron chi connectivity index (χ4n) is 1.08. The van der Waals surface area contributed by atoms with Crippen molar-refractivity contribution in [1.29, 1.82) is 0 Å². The third-order valence-corrected chi connectivity index (χ3v) is 1.86. The fraction of sp³-hybridized carbons (Fsp3) is 0.857. The van der Waals surface area contributed by atoms with Crippen molar-refractivity contribution in [2.45, 2.75) is 6.42 Å². The van der Waals surface area contributed by atoms with E-state index < -0.39 is 0 Å². The van der Waals surface area contributed by atoms with Gasteiger partial charge in [-0.2, -0.15) is 0 Å². The van der Waals surface area contributed by atoms with E-state index in [2.05, 4.69) is 0 Å². The Morgan fingerprint density at radius 2 is 2.45 bits per heavy atom. The monoisotopic (exact) mass is 159 g/mol. The molecule has 1 aliphatic rings. The van der Waals surface area contributed by atoms with Gasteiger partial charge in [-0.1, -0.05) is 0 Å². The van der Waals surface area contributed by atoms with Crippen molar-refractivity contribution in [2.75, 3.05) is 27.4 Å². The topological polar surface area (TPSA) is 38.8 Å². The number of hydroxylamine groups is 2. The first kappa shape index (κ1) is 8.49. The molecule has 1 heterocycles. The highest BCUT2D eigenvalue weighted by Gasteiger charge is 2.26. The predicted octanol–water partition coefficient (Wildman–Crippen LogP) is 0.0427. The van der Waals surface area contributed by atoms with Gasteiger partial charge in [-0.05, 0) is 6.42 Å². The first-order valence-corrected chi connectivity index (χ1v) is 3.65. The summed E-state index contributed by atoms with van der Waals surface area (Å²) in [4.78, 5) is 16.0. The van der Waals surface area contributed by atoms with Crippen molar-refractivity contribution in [3.63, 3.8) is 0 Å². The van der Waals surface area contributed by atoms with Gasteiger partial charge in [-0.25, -0.2) is 5.06 Å². The number of hydrogen-bond acceptors (Lipinski definition) is 3. The molecule has 0 unspecified atom stereocenters. The molecule has 1 amide bonds. The summed E-state index contributed by atoms with van der Waals surface area (Å²) in [6.45, 7) is 1.22. The second-order valence-electron chi connectivity index (χ2n) is 2.58. The lowest BCUT2D eigenvalue weighted by Gasteiger charge is -2.16. The molecule has 1 atom stereocenters. The van der Waals surface area contributed by atoms with Crippen LogP contribution < -0.4 is 0 Å². The van der Waals surface area contributed by atoms with Crippen LogP contribution >= 0.6 is 0 Å². The third-order valence-electron chi connectivity index (χ3n) is 1.86. The van der Waals surface area contributed by atoms with Crippen LogP contribution in [0.3, 0.4) is 0 Å². The van der Waals surface area contributed by atoms with Gasteiger partial charge in [0, 0.05) is 13.7 Å². The van der Waals surface area contributed by atoms with Gasteiger partial charge in [0.1, 0.15) is 0 Å². The van der Waals surface area contributed by atoms with E-state index in [1.54, 1.807) is 7.05 Å². The molecule has 0 N–H and O–H groups in total. The smallest absolute Gasteiger partial charge is 0.251 e. The second-order valence-corrected chi connectivity index (χ2v) is 2.58. The van der Waals surface area contributed by atoms with Crippen LogP contribution in [-0.2, 0) is 14.4 Å². The molecular formula is C7H13NO3. The maximum Gasteiger partial charge on any atom is 0.251 e. The zero-order chi connectivity index (χ0) is 8.27. The molecule has 4 nitrogen and oxygen atoms in total. The zero-order valence-electron chi connectivity index (χ0n) is 6.87. The first-order chi connectivity index (χ1) is 5.25. The van der Waals surface area contributed by atoms with Crippen molar-refractivity contribution >= 4 is 5.91 Å². The van der Waals surface area contributed by atoms with Crippen LogP contribution in [0.2, 0.25) is 0 Å². The van der Waals surface area contributed by atoms with Crippen molar-refractivity contribution in [2.24, 2.45) is 5.92 Å². The Balaban J connectivity index is 2.39. The number of ether oxygens (including phenoxy) is 1. The van der Waals surface area contributed by atoms with Crippen LogP contribution in [0.1, 0.15) is 6.42 Å². The lowest BCUT2D eigenvalue weighted by Crippen LogP contribution is -2.32. The molecule has 0 bridgehead atoms. The maximum atomic E-state index is 11.3. The van der Waals surface area contributed by atoms with Crippen molar-refractivity contribution in [3.05, 3.63) is 0 Å². The minimum absolute atomic E-state index is 0.0000463. The number of hydrogen-bond donors (Lipinski definition) is 0. The second kappa shape index (κ2) is 3.69. The Kier molecular flexibility index (Phi) is 2.84. The van der Waals surface area contributed by atoms with Crippen LogP contribution in [0.25, 0.3) is 0 Å². The van der Waals surface area contributed by atoms with Gasteiger partial charge in [0.25, 0.3) is 5.91 Å². The van der Waals surface area contributed by atoms with Gasteiger partial charge < -0.3 is 4.74 Å². The molecule has 64 valence electrons. The molecule has 0 aromatic rings. The van der Waals surface area contributed by atoms with Gasteiger partial charge >= 0.3 is 0 Å². The van der Waals surface area contributed by atoms with Crippen LogP contribution in [0.5, 0.6) is 0 Å². The fourth-order valence-corrected chi connectivity index (χ4v) is 1.08. The number of amides is 1. The molecular weight excluding hydrogens is 146 g/mol. The highest BCUT2D eigenvalue weighted by molar-refractivity contribution is 5.77. The number of carbonyl (C=O) groups is 1. The predicted molar refractivity (Wildman–Crippen MR) is 38.7 cm³/mol. The van der Waals surface area contributed by atoms with E-state index in [1.807, 2.05) is 0 Å². The molecule has 11 heavy (non-hydrogen) atoms. The lowest BCUT2D eigenvalue weighted by atomic mass is 10.1. The summed E-state index contributed by atoms with van der Waals surface area (Å²) in [7, 11) is 3.09. The summed E-state index contributed by atoms with van der Waals surface area (Å²) in [5, 5.41) is 1.25. The van der Waals surface area contributed by atoms with Gasteiger partial charge in [-0.15, -0.1) is 0 Å². The summed E-state index contributed by atoms with van der Waals surface area (Å²) >= 11 is 0. The van der Waals surface area contributed by atoms with E-state index in [1.165, 1.54) is 12.2 Å². The normalized spacial score (nSPS) is 23.6. The highest BCUT2D eigenvalue weighted by atomic mass is 16.7. The molecule has 0 radical (unpaired) electrons. The van der Waals surface area contributed by atoms with Crippen LogP contribution in [0.15, 0.2) is 0 Å². The average molecular weight is 159 g/mol. The summed E-state index contributed by atoms with van der Waals surface area (Å²) in [6.07, 6.45) is 0.812. The van der Waals surface area contributed by atoms with Crippen LogP contribution in [0, 0.1) is 5.92 Å². The van der Waals surface area contributed by atoms with E-state index >= 15 is 0 Å². The summed E-state index contributed by atoms with van der Waals surface area (Å²) in [5.74, 6) is 0.00458. The minimum Gasteiger partial charge on any atom is -0.381 e. The van der Waals surface area contributed by atoms with E-state index in [0.717, 1.165) is 6.42 Å². The lowest BCUT2D eigenvalue weighted by molar-refractivity contribution is -0.173. The molecule has 1 rings (SSSR count). The highest BCUT2D eigenvalue weighted by Crippen LogP contribution is 2.14. The number of nitrogens with zero attached hydrogens (tertiary/aromatic N) is 1. The standard InChI is InChI=1S/C7H13NO3/c1-8(10-2)7(9)6-3-4-11-5-6/h6H,3-5H2,1-2H3/t6-/m0/s1. The Morgan fingerprint density at radius 1 is 1.73 bits per heavy atom. The summed E-state index contributed by atoms with van der Waals surface area (Å²) in [6, 6.07) is 0. The molecule has 0 aromatic carbocycles. The SMILES string of the molecule is CON(C)C(=O)[C@H]1CCOC1. The quantitative estimate of drug-likeness (QED) is 0.534.